The molecule has 0 atom stereocenters. The van der Waals surface area contributed by atoms with E-state index in [2.05, 4.69) is 5.32 Å². The first-order chi connectivity index (χ1) is 7.67. The molecule has 5 heteroatoms. The van der Waals surface area contributed by atoms with Crippen LogP contribution in [0.25, 0.3) is 0 Å². The van der Waals surface area contributed by atoms with Gasteiger partial charge in [0.25, 0.3) is 0 Å². The van der Waals surface area contributed by atoms with Crippen LogP contribution in [0.5, 0.6) is 0 Å². The summed E-state index contributed by atoms with van der Waals surface area (Å²) in [5.74, 6) is -0.196. The zero-order chi connectivity index (χ0) is 12.0. The molecule has 0 aliphatic heterocycles. The van der Waals surface area contributed by atoms with Crippen LogP contribution in [0, 0.1) is 11.3 Å². The van der Waals surface area contributed by atoms with E-state index in [-0.39, 0.29) is 12.3 Å². The maximum atomic E-state index is 11.4. The predicted octanol–water partition coefficient (Wildman–Crippen LogP) is 2.19. The van der Waals surface area contributed by atoms with Crippen molar-refractivity contribution in [1.82, 2.24) is 0 Å². The number of halogens is 1. The Morgan fingerprint density at radius 1 is 1.62 bits per heavy atom. The van der Waals surface area contributed by atoms with Gasteiger partial charge in [0.1, 0.15) is 0 Å². The molecule has 1 N–H and O–H groups in total. The third kappa shape index (κ3) is 3.54. The van der Waals surface area contributed by atoms with Gasteiger partial charge in [0.2, 0.25) is 5.91 Å². The zero-order valence-corrected chi connectivity index (χ0v) is 9.54. The monoisotopic (exact) mass is 238 g/mol. The Morgan fingerprint density at radius 3 is 3.00 bits per heavy atom. The summed E-state index contributed by atoms with van der Waals surface area (Å²) in [5, 5.41) is 11.7. The van der Waals surface area contributed by atoms with E-state index in [1.165, 1.54) is 13.2 Å². The summed E-state index contributed by atoms with van der Waals surface area (Å²) >= 11 is 5.88. The number of anilines is 1. The van der Waals surface area contributed by atoms with Gasteiger partial charge in [-0.25, -0.2) is 0 Å². The number of ether oxygens (including phenoxy) is 1. The van der Waals surface area contributed by atoms with E-state index in [1.807, 2.05) is 6.07 Å². The molecular weight excluding hydrogens is 228 g/mol. The number of nitrogens with one attached hydrogen (secondary N) is 1. The van der Waals surface area contributed by atoms with Crippen molar-refractivity contribution in [2.24, 2.45) is 0 Å². The molecule has 1 rings (SSSR count). The van der Waals surface area contributed by atoms with Crippen molar-refractivity contribution in [3.05, 3.63) is 28.8 Å². The number of benzene rings is 1. The van der Waals surface area contributed by atoms with Crippen molar-refractivity contribution < 1.29 is 9.53 Å². The molecule has 84 valence electrons. The summed E-state index contributed by atoms with van der Waals surface area (Å²) in [6, 6.07) is 6.68. The number of carbonyl (C=O) groups is 1. The summed E-state index contributed by atoms with van der Waals surface area (Å²) in [7, 11) is 1.52. The normalized spacial score (nSPS) is 9.56. The number of hydrogen-bond acceptors (Lipinski definition) is 3. The fraction of sp³-hybridized carbons (Fsp3) is 0.273. The van der Waals surface area contributed by atoms with E-state index in [9.17, 15) is 4.79 Å². The molecule has 4 nitrogen and oxygen atoms in total. The third-order valence-corrected chi connectivity index (χ3v) is 2.23. The molecule has 0 aliphatic carbocycles. The molecule has 1 amide bonds. The topological polar surface area (TPSA) is 62.1 Å². The van der Waals surface area contributed by atoms with Gasteiger partial charge in [0.15, 0.2) is 0 Å². The Kier molecular flexibility index (Phi) is 4.77. The molecule has 0 heterocycles. The van der Waals surface area contributed by atoms with Gasteiger partial charge in [-0.15, -0.1) is 0 Å². The fourth-order valence-electron chi connectivity index (χ4n) is 1.10. The van der Waals surface area contributed by atoms with Crippen molar-refractivity contribution in [2.45, 2.75) is 6.42 Å². The Hall–Kier alpha value is -1.57. The van der Waals surface area contributed by atoms with Gasteiger partial charge < -0.3 is 10.1 Å². The molecule has 0 saturated heterocycles. The minimum absolute atomic E-state index is 0.196. The summed E-state index contributed by atoms with van der Waals surface area (Å²) in [5.41, 5.74) is 0.897. The summed E-state index contributed by atoms with van der Waals surface area (Å²) in [6.45, 7) is 0.349. The summed E-state index contributed by atoms with van der Waals surface area (Å²) in [6.07, 6.45) is 0.254. The fourth-order valence-corrected chi connectivity index (χ4v) is 1.26. The molecule has 1 aromatic carbocycles. The Morgan fingerprint density at radius 2 is 2.38 bits per heavy atom. The molecule has 16 heavy (non-hydrogen) atoms. The molecule has 1 aromatic rings. The molecule has 0 radical (unpaired) electrons. The van der Waals surface area contributed by atoms with Crippen LogP contribution in [0.2, 0.25) is 5.02 Å². The van der Waals surface area contributed by atoms with Crippen LogP contribution in [0.3, 0.4) is 0 Å². The molecule has 0 saturated carbocycles. The Labute approximate surface area is 98.8 Å². The molecule has 0 aromatic heterocycles. The van der Waals surface area contributed by atoms with E-state index >= 15 is 0 Å². The lowest BCUT2D eigenvalue weighted by atomic mass is 10.2. The first-order valence-electron chi connectivity index (χ1n) is 4.66. The molecule has 0 unspecified atom stereocenters. The SMILES string of the molecule is COCCC(=O)Nc1cc(C#N)ccc1Cl. The minimum atomic E-state index is -0.196. The number of nitriles is 1. The van der Waals surface area contributed by atoms with Gasteiger partial charge in [-0.3, -0.25) is 4.79 Å². The average Bonchev–Trinajstić information content (AvgIpc) is 2.29. The molecular formula is C11H11ClN2O2. The van der Waals surface area contributed by atoms with Crippen LogP contribution in [0.15, 0.2) is 18.2 Å². The lowest BCUT2D eigenvalue weighted by molar-refractivity contribution is -0.117. The lowest BCUT2D eigenvalue weighted by Gasteiger charge is -2.06. The van der Waals surface area contributed by atoms with Crippen molar-refractivity contribution >= 4 is 23.2 Å². The number of amides is 1. The van der Waals surface area contributed by atoms with Gasteiger partial charge in [-0.2, -0.15) is 5.26 Å². The number of methoxy groups -OCH3 is 1. The van der Waals surface area contributed by atoms with Crippen molar-refractivity contribution in [3.63, 3.8) is 0 Å². The molecule has 0 bridgehead atoms. The van der Waals surface area contributed by atoms with E-state index in [0.29, 0.717) is 22.9 Å². The third-order valence-electron chi connectivity index (χ3n) is 1.90. The second-order valence-electron chi connectivity index (χ2n) is 3.10. The van der Waals surface area contributed by atoms with Gasteiger partial charge in [-0.05, 0) is 18.2 Å². The highest BCUT2D eigenvalue weighted by molar-refractivity contribution is 6.33. The average molecular weight is 239 g/mol. The van der Waals surface area contributed by atoms with Crippen LogP contribution < -0.4 is 5.32 Å². The summed E-state index contributed by atoms with van der Waals surface area (Å²) in [4.78, 5) is 11.4. The Balaban J connectivity index is 2.73. The van der Waals surface area contributed by atoms with Crippen LogP contribution in [0.4, 0.5) is 5.69 Å². The second-order valence-corrected chi connectivity index (χ2v) is 3.50. The maximum absolute atomic E-state index is 11.4. The molecule has 0 spiro atoms. The first kappa shape index (κ1) is 12.5. The summed E-state index contributed by atoms with van der Waals surface area (Å²) < 4.78 is 4.78. The van der Waals surface area contributed by atoms with Gasteiger partial charge >= 0.3 is 0 Å². The predicted molar refractivity (Wildman–Crippen MR) is 61.3 cm³/mol. The van der Waals surface area contributed by atoms with E-state index in [1.54, 1.807) is 12.1 Å². The first-order valence-corrected chi connectivity index (χ1v) is 5.03. The van der Waals surface area contributed by atoms with Crippen molar-refractivity contribution in [3.8, 4) is 6.07 Å². The largest absolute Gasteiger partial charge is 0.384 e. The van der Waals surface area contributed by atoms with Crippen molar-refractivity contribution in [2.75, 3.05) is 19.0 Å². The number of rotatable bonds is 4. The zero-order valence-electron chi connectivity index (χ0n) is 8.79. The quantitative estimate of drug-likeness (QED) is 0.875. The van der Waals surface area contributed by atoms with Gasteiger partial charge in [0.05, 0.1) is 35.4 Å². The number of nitrogens with zero attached hydrogens (tertiary/aromatic N) is 1. The van der Waals surface area contributed by atoms with Crippen LogP contribution in [0.1, 0.15) is 12.0 Å². The van der Waals surface area contributed by atoms with Crippen LogP contribution >= 0.6 is 11.6 Å². The van der Waals surface area contributed by atoms with E-state index < -0.39 is 0 Å². The molecule has 0 fully saturated rings. The van der Waals surface area contributed by atoms with E-state index in [0.717, 1.165) is 0 Å². The maximum Gasteiger partial charge on any atom is 0.226 e. The standard InChI is InChI=1S/C11H11ClN2O2/c1-16-5-4-11(15)14-10-6-8(7-13)2-3-9(10)12/h2-3,6H,4-5H2,1H3,(H,14,15). The number of carbonyl (C=O) groups excluding carboxylic acids is 1. The van der Waals surface area contributed by atoms with Gasteiger partial charge in [-0.1, -0.05) is 11.6 Å². The lowest BCUT2D eigenvalue weighted by Crippen LogP contribution is -2.13. The Bertz CT molecular complexity index is 426. The number of hydrogen-bond donors (Lipinski definition) is 1. The second kappa shape index (κ2) is 6.11. The smallest absolute Gasteiger partial charge is 0.226 e. The van der Waals surface area contributed by atoms with Crippen molar-refractivity contribution in [1.29, 1.82) is 5.26 Å². The van der Waals surface area contributed by atoms with Gasteiger partial charge in [0, 0.05) is 7.11 Å². The highest BCUT2D eigenvalue weighted by Gasteiger charge is 2.06. The molecule has 0 aliphatic rings. The highest BCUT2D eigenvalue weighted by Crippen LogP contribution is 2.22. The van der Waals surface area contributed by atoms with Crippen LogP contribution in [-0.2, 0) is 9.53 Å². The van der Waals surface area contributed by atoms with Crippen LogP contribution in [-0.4, -0.2) is 19.6 Å². The van der Waals surface area contributed by atoms with E-state index in [4.69, 9.17) is 21.6 Å². The minimum Gasteiger partial charge on any atom is -0.384 e. The highest BCUT2D eigenvalue weighted by atomic mass is 35.5.